The molecule has 0 aromatic heterocycles. The molecular weight excluding hydrogens is 229 g/mol. The van der Waals surface area contributed by atoms with Crippen LogP contribution in [0.25, 0.3) is 0 Å². The summed E-state index contributed by atoms with van der Waals surface area (Å²) in [5.74, 6) is -0.516. The van der Waals surface area contributed by atoms with E-state index >= 15 is 0 Å². The molecular formula is C14H16FN3. The topological polar surface area (TPSA) is 59.6 Å². The highest BCUT2D eigenvalue weighted by atomic mass is 19.1. The van der Waals surface area contributed by atoms with Gasteiger partial charge >= 0.3 is 0 Å². The van der Waals surface area contributed by atoms with Gasteiger partial charge in [-0.2, -0.15) is 10.5 Å². The Morgan fingerprint density at radius 3 is 2.67 bits per heavy atom. The number of anilines is 1. The Morgan fingerprint density at radius 2 is 2.06 bits per heavy atom. The summed E-state index contributed by atoms with van der Waals surface area (Å²) in [6.45, 7) is 4.65. The van der Waals surface area contributed by atoms with E-state index < -0.39 is 5.82 Å². The van der Waals surface area contributed by atoms with Gasteiger partial charge in [-0.25, -0.2) is 4.39 Å². The minimum absolute atomic E-state index is 0.0357. The second kappa shape index (κ2) is 6.02. The van der Waals surface area contributed by atoms with Crippen LogP contribution in [-0.2, 0) is 0 Å². The first-order valence-electron chi connectivity index (χ1n) is 5.79. The van der Waals surface area contributed by atoms with E-state index in [1.807, 2.05) is 19.9 Å². The number of nitriles is 2. The molecule has 18 heavy (non-hydrogen) atoms. The molecule has 0 aliphatic heterocycles. The van der Waals surface area contributed by atoms with Crippen molar-refractivity contribution in [3.8, 4) is 12.1 Å². The Labute approximate surface area is 107 Å². The van der Waals surface area contributed by atoms with Crippen molar-refractivity contribution in [3.63, 3.8) is 0 Å². The van der Waals surface area contributed by atoms with Crippen molar-refractivity contribution in [2.24, 2.45) is 5.41 Å². The molecule has 3 nitrogen and oxygen atoms in total. The molecule has 0 spiro atoms. The lowest BCUT2D eigenvalue weighted by molar-refractivity contribution is 0.363. The van der Waals surface area contributed by atoms with Gasteiger partial charge in [0.2, 0.25) is 0 Å². The maximum Gasteiger partial charge on any atom is 0.143 e. The molecule has 0 radical (unpaired) electrons. The van der Waals surface area contributed by atoms with Crippen LogP contribution >= 0.6 is 0 Å². The molecule has 0 heterocycles. The van der Waals surface area contributed by atoms with Gasteiger partial charge in [-0.15, -0.1) is 0 Å². The predicted octanol–water partition coefficient (Wildman–Crippen LogP) is 3.44. The predicted molar refractivity (Wildman–Crippen MR) is 68.2 cm³/mol. The van der Waals surface area contributed by atoms with Crippen LogP contribution in [0.1, 0.15) is 32.3 Å². The van der Waals surface area contributed by atoms with E-state index in [4.69, 9.17) is 10.5 Å². The van der Waals surface area contributed by atoms with Crippen LogP contribution in [0.5, 0.6) is 0 Å². The fourth-order valence-electron chi connectivity index (χ4n) is 1.60. The average molecular weight is 245 g/mol. The van der Waals surface area contributed by atoms with Crippen LogP contribution in [0, 0.1) is 33.9 Å². The van der Waals surface area contributed by atoms with E-state index in [2.05, 4.69) is 11.4 Å². The summed E-state index contributed by atoms with van der Waals surface area (Å²) in [5, 5.41) is 20.5. The molecule has 0 unspecified atom stereocenters. The van der Waals surface area contributed by atoms with E-state index in [9.17, 15) is 4.39 Å². The molecule has 0 amide bonds. The largest absolute Gasteiger partial charge is 0.383 e. The smallest absolute Gasteiger partial charge is 0.143 e. The molecule has 1 aromatic rings. The molecule has 1 rings (SSSR count). The van der Waals surface area contributed by atoms with Crippen LogP contribution in [0.3, 0.4) is 0 Å². The van der Waals surface area contributed by atoms with Gasteiger partial charge in [0.15, 0.2) is 0 Å². The third-order valence-electron chi connectivity index (χ3n) is 2.80. The van der Waals surface area contributed by atoms with Gasteiger partial charge in [0.05, 0.1) is 11.8 Å². The molecule has 1 aromatic carbocycles. The maximum absolute atomic E-state index is 13.4. The summed E-state index contributed by atoms with van der Waals surface area (Å²) in [6.07, 6.45) is 1.25. The summed E-state index contributed by atoms with van der Waals surface area (Å²) < 4.78 is 13.4. The lowest BCUT2D eigenvalue weighted by Gasteiger charge is -2.24. The van der Waals surface area contributed by atoms with Crippen molar-refractivity contribution < 1.29 is 4.39 Å². The lowest BCUT2D eigenvalue weighted by atomic mass is 9.88. The zero-order chi connectivity index (χ0) is 13.6. The van der Waals surface area contributed by atoms with E-state index in [0.29, 0.717) is 18.7 Å². The number of benzene rings is 1. The zero-order valence-corrected chi connectivity index (χ0v) is 10.6. The summed E-state index contributed by atoms with van der Waals surface area (Å²) in [5.41, 5.74) is 0.463. The van der Waals surface area contributed by atoms with Gasteiger partial charge in [-0.1, -0.05) is 19.9 Å². The fourth-order valence-corrected chi connectivity index (χ4v) is 1.60. The molecule has 1 N–H and O–H groups in total. The van der Waals surface area contributed by atoms with Crippen LogP contribution in [0.15, 0.2) is 18.2 Å². The standard InChI is InChI=1S/C14H16FN3/c1-14(2,7-4-8-16)10-18-13-6-3-5-12(15)11(13)9-17/h3,5-6,18H,4,7,10H2,1-2H3. The van der Waals surface area contributed by atoms with Crippen molar-refractivity contribution in [1.82, 2.24) is 0 Å². The minimum atomic E-state index is -0.516. The number of nitrogens with one attached hydrogen (secondary N) is 1. The Hall–Kier alpha value is -2.07. The average Bonchev–Trinajstić information content (AvgIpc) is 2.34. The van der Waals surface area contributed by atoms with Gasteiger partial charge in [0.25, 0.3) is 0 Å². The van der Waals surface area contributed by atoms with E-state index in [1.54, 1.807) is 12.1 Å². The number of hydrogen-bond acceptors (Lipinski definition) is 3. The molecule has 4 heteroatoms. The lowest BCUT2D eigenvalue weighted by Crippen LogP contribution is -2.23. The quantitative estimate of drug-likeness (QED) is 0.864. The number of halogens is 1. The Morgan fingerprint density at radius 1 is 1.33 bits per heavy atom. The first-order chi connectivity index (χ1) is 8.50. The highest BCUT2D eigenvalue weighted by Gasteiger charge is 2.18. The van der Waals surface area contributed by atoms with Gasteiger partial charge in [-0.05, 0) is 24.0 Å². The van der Waals surface area contributed by atoms with Crippen molar-refractivity contribution in [1.29, 1.82) is 10.5 Å². The summed E-state index contributed by atoms with van der Waals surface area (Å²) in [7, 11) is 0. The molecule has 0 saturated carbocycles. The first-order valence-corrected chi connectivity index (χ1v) is 5.79. The second-order valence-electron chi connectivity index (χ2n) is 4.95. The van der Waals surface area contributed by atoms with Crippen molar-refractivity contribution in [2.75, 3.05) is 11.9 Å². The van der Waals surface area contributed by atoms with Crippen molar-refractivity contribution in [3.05, 3.63) is 29.6 Å². The second-order valence-corrected chi connectivity index (χ2v) is 4.95. The summed E-state index contributed by atoms with van der Waals surface area (Å²) >= 11 is 0. The third-order valence-corrected chi connectivity index (χ3v) is 2.80. The molecule has 94 valence electrons. The highest BCUT2D eigenvalue weighted by Crippen LogP contribution is 2.24. The first kappa shape index (κ1) is 14.0. The number of nitrogens with zero attached hydrogens (tertiary/aromatic N) is 2. The summed E-state index contributed by atoms with van der Waals surface area (Å²) in [6, 6.07) is 8.49. The molecule has 0 bridgehead atoms. The normalized spacial score (nSPS) is 10.5. The molecule has 0 aliphatic rings. The van der Waals surface area contributed by atoms with E-state index in [1.165, 1.54) is 6.07 Å². The molecule has 0 fully saturated rings. The van der Waals surface area contributed by atoms with Crippen LogP contribution in [0.4, 0.5) is 10.1 Å². The summed E-state index contributed by atoms with van der Waals surface area (Å²) in [4.78, 5) is 0. The zero-order valence-electron chi connectivity index (χ0n) is 10.6. The highest BCUT2D eigenvalue weighted by molar-refractivity contribution is 5.57. The SMILES string of the molecule is CC(C)(CCC#N)CNc1cccc(F)c1C#N. The fraction of sp³-hybridized carbons (Fsp3) is 0.429. The minimum Gasteiger partial charge on any atom is -0.383 e. The Bertz CT molecular complexity index is 495. The van der Waals surface area contributed by atoms with E-state index in [-0.39, 0.29) is 11.0 Å². The maximum atomic E-state index is 13.4. The van der Waals surface area contributed by atoms with Gasteiger partial charge in [0, 0.05) is 13.0 Å². The van der Waals surface area contributed by atoms with Gasteiger partial charge in [-0.3, -0.25) is 0 Å². The van der Waals surface area contributed by atoms with Gasteiger partial charge in [0.1, 0.15) is 17.4 Å². The molecule has 0 atom stereocenters. The molecule has 0 aliphatic carbocycles. The van der Waals surface area contributed by atoms with Crippen molar-refractivity contribution in [2.45, 2.75) is 26.7 Å². The van der Waals surface area contributed by atoms with Crippen molar-refractivity contribution >= 4 is 5.69 Å². The van der Waals surface area contributed by atoms with Gasteiger partial charge < -0.3 is 5.32 Å². The molecule has 0 saturated heterocycles. The Balaban J connectivity index is 2.73. The number of rotatable bonds is 5. The van der Waals surface area contributed by atoms with Crippen LogP contribution in [-0.4, -0.2) is 6.54 Å². The van der Waals surface area contributed by atoms with E-state index in [0.717, 1.165) is 6.42 Å². The third kappa shape index (κ3) is 3.75. The monoisotopic (exact) mass is 245 g/mol. The van der Waals surface area contributed by atoms with Crippen LogP contribution in [0.2, 0.25) is 0 Å². The van der Waals surface area contributed by atoms with Crippen LogP contribution < -0.4 is 5.32 Å². The Kier molecular flexibility index (Phi) is 4.68. The number of hydrogen-bond donors (Lipinski definition) is 1.